The fourth-order valence-corrected chi connectivity index (χ4v) is 7.88. The van der Waals surface area contributed by atoms with Crippen LogP contribution in [-0.4, -0.2) is 17.2 Å². The van der Waals surface area contributed by atoms with Gasteiger partial charge in [-0.1, -0.05) is 61.5 Å². The molecule has 0 spiro atoms. The van der Waals surface area contributed by atoms with Crippen molar-refractivity contribution < 1.29 is 9.90 Å². The molecule has 3 rings (SSSR count). The number of aliphatic carboxylic acids is 1. The molecule has 27 heavy (non-hydrogen) atoms. The maximum atomic E-state index is 11.4. The quantitative estimate of drug-likeness (QED) is 0.538. The number of hydrogen-bond donors (Lipinski definition) is 1. The SMILES string of the molecule is Br.CC(CC[P+](c1ccccc1)(c1ccccc1)c1ccccc1)C(=O)O. The van der Waals surface area contributed by atoms with E-state index in [0.717, 1.165) is 6.16 Å². The summed E-state index contributed by atoms with van der Waals surface area (Å²) in [5, 5.41) is 13.3. The molecule has 4 heteroatoms. The van der Waals surface area contributed by atoms with Gasteiger partial charge < -0.3 is 5.11 Å². The summed E-state index contributed by atoms with van der Waals surface area (Å²) in [7, 11) is -1.91. The minimum Gasteiger partial charge on any atom is -0.481 e. The average molecular weight is 444 g/mol. The molecule has 140 valence electrons. The Balaban J connectivity index is 0.00000261. The summed E-state index contributed by atoms with van der Waals surface area (Å²) in [6, 6.07) is 31.7. The van der Waals surface area contributed by atoms with E-state index in [4.69, 9.17) is 0 Å². The van der Waals surface area contributed by atoms with Gasteiger partial charge in [0, 0.05) is 0 Å². The Labute approximate surface area is 172 Å². The number of carboxylic acids is 1. The molecule has 3 aromatic carbocycles. The molecule has 0 bridgehead atoms. The number of rotatable bonds is 7. The second kappa shape index (κ2) is 9.82. The Morgan fingerprint density at radius 3 is 1.41 bits per heavy atom. The molecule has 0 amide bonds. The molecule has 0 saturated heterocycles. The van der Waals surface area contributed by atoms with Gasteiger partial charge in [0.2, 0.25) is 0 Å². The van der Waals surface area contributed by atoms with E-state index >= 15 is 0 Å². The van der Waals surface area contributed by atoms with Crippen molar-refractivity contribution in [3.63, 3.8) is 0 Å². The van der Waals surface area contributed by atoms with Crippen molar-refractivity contribution in [2.24, 2.45) is 5.92 Å². The number of halogens is 1. The summed E-state index contributed by atoms with van der Waals surface area (Å²) in [5.74, 6) is -1.08. The molecule has 0 aliphatic carbocycles. The van der Waals surface area contributed by atoms with E-state index in [2.05, 4.69) is 72.8 Å². The van der Waals surface area contributed by atoms with Crippen molar-refractivity contribution in [1.29, 1.82) is 0 Å². The largest absolute Gasteiger partial charge is 0.481 e. The molecule has 0 aromatic heterocycles. The fraction of sp³-hybridized carbons (Fsp3) is 0.174. The first-order valence-electron chi connectivity index (χ1n) is 8.92. The zero-order valence-corrected chi connectivity index (χ0v) is 18.0. The standard InChI is InChI=1S/C23H23O2P.BrH/c1-19(23(24)25)17-18-26(20-11-5-2-6-12-20,21-13-7-3-8-14-21)22-15-9-4-10-16-22;/h2-16,19H,17-18H2,1H3;1H/p+1. The lowest BCUT2D eigenvalue weighted by Crippen LogP contribution is -2.34. The maximum absolute atomic E-state index is 11.4. The van der Waals surface area contributed by atoms with E-state index in [9.17, 15) is 9.90 Å². The van der Waals surface area contributed by atoms with Gasteiger partial charge in [0.05, 0.1) is 12.1 Å². The average Bonchev–Trinajstić information content (AvgIpc) is 2.70. The van der Waals surface area contributed by atoms with Gasteiger partial charge in [0.1, 0.15) is 23.2 Å². The van der Waals surface area contributed by atoms with Gasteiger partial charge in [-0.3, -0.25) is 4.79 Å². The Bertz CT molecular complexity index is 741. The lowest BCUT2D eigenvalue weighted by molar-refractivity contribution is -0.141. The van der Waals surface area contributed by atoms with Crippen LogP contribution in [0.1, 0.15) is 13.3 Å². The van der Waals surface area contributed by atoms with Crippen LogP contribution >= 0.6 is 24.2 Å². The van der Waals surface area contributed by atoms with E-state index in [1.54, 1.807) is 6.92 Å². The summed E-state index contributed by atoms with van der Waals surface area (Å²) in [4.78, 5) is 11.4. The van der Waals surface area contributed by atoms with Crippen LogP contribution in [0.3, 0.4) is 0 Å². The van der Waals surface area contributed by atoms with E-state index in [1.807, 2.05) is 18.2 Å². The Kier molecular flexibility index (Phi) is 7.77. The lowest BCUT2D eigenvalue weighted by Gasteiger charge is -2.28. The third kappa shape index (κ3) is 4.66. The highest BCUT2D eigenvalue weighted by molar-refractivity contribution is 8.93. The minimum atomic E-state index is -1.91. The predicted octanol–water partition coefficient (Wildman–Crippen LogP) is 4.67. The van der Waals surface area contributed by atoms with E-state index in [1.165, 1.54) is 15.9 Å². The first kappa shape index (κ1) is 21.3. The van der Waals surface area contributed by atoms with Gasteiger partial charge in [0.15, 0.2) is 0 Å². The third-order valence-electron chi connectivity index (χ3n) is 4.91. The highest BCUT2D eigenvalue weighted by Gasteiger charge is 2.45. The molecule has 1 unspecified atom stereocenters. The normalized spacial score (nSPS) is 12.0. The molecule has 0 aliphatic heterocycles. The highest BCUT2D eigenvalue weighted by Crippen LogP contribution is 2.56. The number of hydrogen-bond acceptors (Lipinski definition) is 1. The van der Waals surface area contributed by atoms with Crippen molar-refractivity contribution >= 4 is 46.1 Å². The molecular formula is C23H25BrO2P+. The van der Waals surface area contributed by atoms with Crippen molar-refractivity contribution in [1.82, 2.24) is 0 Å². The molecule has 3 aromatic rings. The molecule has 0 heterocycles. The van der Waals surface area contributed by atoms with Gasteiger partial charge in [-0.15, -0.1) is 17.0 Å². The summed E-state index contributed by atoms with van der Waals surface area (Å²) in [6.45, 7) is 1.80. The molecule has 0 aliphatic rings. The van der Waals surface area contributed by atoms with E-state index in [-0.39, 0.29) is 22.9 Å². The van der Waals surface area contributed by atoms with Crippen LogP contribution in [0.25, 0.3) is 0 Å². The van der Waals surface area contributed by atoms with Gasteiger partial charge >= 0.3 is 5.97 Å². The molecule has 0 fully saturated rings. The Morgan fingerprint density at radius 1 is 0.778 bits per heavy atom. The number of carboxylic acid groups (broad SMARTS) is 1. The van der Waals surface area contributed by atoms with Crippen LogP contribution in [0.15, 0.2) is 91.0 Å². The monoisotopic (exact) mass is 443 g/mol. The van der Waals surface area contributed by atoms with Crippen LogP contribution in [0.5, 0.6) is 0 Å². The van der Waals surface area contributed by atoms with Crippen molar-refractivity contribution in [2.75, 3.05) is 6.16 Å². The van der Waals surface area contributed by atoms with Gasteiger partial charge in [-0.05, 0) is 42.8 Å². The zero-order valence-electron chi connectivity index (χ0n) is 15.4. The minimum absolute atomic E-state index is 0. The van der Waals surface area contributed by atoms with Crippen LogP contribution in [-0.2, 0) is 4.79 Å². The Hall–Kier alpha value is -1.96. The van der Waals surface area contributed by atoms with Crippen LogP contribution < -0.4 is 15.9 Å². The third-order valence-corrected chi connectivity index (χ3v) is 9.38. The van der Waals surface area contributed by atoms with Crippen LogP contribution in [0, 0.1) is 5.92 Å². The molecule has 2 nitrogen and oxygen atoms in total. The molecule has 1 N–H and O–H groups in total. The number of benzene rings is 3. The smallest absolute Gasteiger partial charge is 0.306 e. The molecule has 0 saturated carbocycles. The summed E-state index contributed by atoms with van der Waals surface area (Å²) < 4.78 is 0. The number of carbonyl (C=O) groups is 1. The van der Waals surface area contributed by atoms with E-state index < -0.39 is 13.2 Å². The topological polar surface area (TPSA) is 37.3 Å². The lowest BCUT2D eigenvalue weighted by atomic mass is 10.1. The molecular weight excluding hydrogens is 419 g/mol. The summed E-state index contributed by atoms with van der Waals surface area (Å²) >= 11 is 0. The van der Waals surface area contributed by atoms with Crippen molar-refractivity contribution in [3.05, 3.63) is 91.0 Å². The first-order chi connectivity index (χ1) is 12.6. The summed E-state index contributed by atoms with van der Waals surface area (Å²) in [5.41, 5.74) is 0. The van der Waals surface area contributed by atoms with Gasteiger partial charge in [-0.2, -0.15) is 0 Å². The predicted molar refractivity (Wildman–Crippen MR) is 122 cm³/mol. The van der Waals surface area contributed by atoms with Crippen LogP contribution in [0.2, 0.25) is 0 Å². The second-order valence-electron chi connectivity index (χ2n) is 6.57. The maximum Gasteiger partial charge on any atom is 0.306 e. The van der Waals surface area contributed by atoms with Gasteiger partial charge in [0.25, 0.3) is 0 Å². The van der Waals surface area contributed by atoms with Crippen LogP contribution in [0.4, 0.5) is 0 Å². The molecule has 1 atom stereocenters. The van der Waals surface area contributed by atoms with Crippen molar-refractivity contribution in [2.45, 2.75) is 13.3 Å². The summed E-state index contributed by atoms with van der Waals surface area (Å²) in [6.07, 6.45) is 1.50. The zero-order chi connectivity index (χ0) is 18.4. The van der Waals surface area contributed by atoms with Gasteiger partial charge in [-0.25, -0.2) is 0 Å². The second-order valence-corrected chi connectivity index (χ2v) is 10.2. The first-order valence-corrected chi connectivity index (χ1v) is 10.9. The van der Waals surface area contributed by atoms with E-state index in [0.29, 0.717) is 6.42 Å². The Morgan fingerprint density at radius 2 is 1.11 bits per heavy atom. The fourth-order valence-electron chi connectivity index (χ4n) is 3.39. The molecule has 0 radical (unpaired) electrons. The highest BCUT2D eigenvalue weighted by atomic mass is 79.9. The van der Waals surface area contributed by atoms with Crippen molar-refractivity contribution in [3.8, 4) is 0 Å².